The van der Waals surface area contributed by atoms with E-state index in [-0.39, 0.29) is 24.2 Å². The van der Waals surface area contributed by atoms with Gasteiger partial charge in [-0.05, 0) is 24.7 Å². The number of ether oxygens (including phenoxy) is 1. The number of carbonyl (C=O) groups is 1. The molecule has 0 aromatic heterocycles. The Hall–Kier alpha value is -0.610. The van der Waals surface area contributed by atoms with Crippen LogP contribution < -0.4 is 5.32 Å². The maximum absolute atomic E-state index is 12.8. The van der Waals surface area contributed by atoms with Crippen molar-refractivity contribution >= 4 is 5.91 Å². The van der Waals surface area contributed by atoms with Crippen molar-refractivity contribution in [3.05, 3.63) is 0 Å². The number of rotatable bonds is 9. The van der Waals surface area contributed by atoms with Crippen molar-refractivity contribution in [3.63, 3.8) is 0 Å². The minimum absolute atomic E-state index is 0.00759. The topological polar surface area (TPSA) is 41.6 Å². The molecule has 3 unspecified atom stereocenters. The molecule has 124 valence electrons. The summed E-state index contributed by atoms with van der Waals surface area (Å²) in [5, 5.41) is 3.57. The molecule has 0 radical (unpaired) electrons. The lowest BCUT2D eigenvalue weighted by Crippen LogP contribution is -2.49. The van der Waals surface area contributed by atoms with Crippen molar-refractivity contribution in [1.29, 1.82) is 0 Å². The maximum atomic E-state index is 12.8. The highest BCUT2D eigenvalue weighted by atomic mass is 16.5. The van der Waals surface area contributed by atoms with Gasteiger partial charge in [0, 0.05) is 7.11 Å². The molecule has 1 heterocycles. The zero-order chi connectivity index (χ0) is 16.0. The first-order valence-electron chi connectivity index (χ1n) is 8.49. The lowest BCUT2D eigenvalue weighted by molar-refractivity contribution is -0.135. The van der Waals surface area contributed by atoms with E-state index in [2.05, 4.69) is 44.8 Å². The Morgan fingerprint density at radius 1 is 1.29 bits per heavy atom. The molecular weight excluding hydrogens is 264 g/mol. The first-order valence-corrected chi connectivity index (χ1v) is 8.49. The largest absolute Gasteiger partial charge is 0.383 e. The Bertz CT molecular complexity index is 318. The molecule has 1 aliphatic rings. The number of nitrogens with one attached hydrogen (secondary N) is 1. The van der Waals surface area contributed by atoms with E-state index in [1.54, 1.807) is 7.11 Å². The van der Waals surface area contributed by atoms with Gasteiger partial charge in [-0.15, -0.1) is 0 Å². The molecule has 4 heteroatoms. The number of hydrogen-bond donors (Lipinski definition) is 1. The summed E-state index contributed by atoms with van der Waals surface area (Å²) in [6, 6.07) is 0.150. The van der Waals surface area contributed by atoms with Gasteiger partial charge in [-0.3, -0.25) is 10.1 Å². The van der Waals surface area contributed by atoms with E-state index in [1.165, 1.54) is 0 Å². The highest BCUT2D eigenvalue weighted by Crippen LogP contribution is 2.26. The van der Waals surface area contributed by atoms with E-state index in [9.17, 15) is 4.79 Å². The van der Waals surface area contributed by atoms with Gasteiger partial charge in [0.25, 0.3) is 0 Å². The third-order valence-corrected chi connectivity index (χ3v) is 4.29. The first kappa shape index (κ1) is 18.4. The van der Waals surface area contributed by atoms with E-state index in [0.29, 0.717) is 18.4 Å². The van der Waals surface area contributed by atoms with Crippen molar-refractivity contribution < 1.29 is 9.53 Å². The standard InChI is InChI=1S/C17H34N2O2/c1-7-8-9-14-17(20)19(15(11-21-6)13(4)5)16(18-14)10-12(2)3/h12-16,18H,7-11H2,1-6H3. The van der Waals surface area contributed by atoms with Gasteiger partial charge >= 0.3 is 0 Å². The minimum atomic E-state index is -0.00759. The molecule has 4 nitrogen and oxygen atoms in total. The second kappa shape index (κ2) is 8.74. The first-order chi connectivity index (χ1) is 9.92. The molecule has 21 heavy (non-hydrogen) atoms. The van der Waals surface area contributed by atoms with Gasteiger partial charge in [0.1, 0.15) is 0 Å². The lowest BCUT2D eigenvalue weighted by atomic mass is 10.0. The van der Waals surface area contributed by atoms with Crippen LogP contribution in [0.15, 0.2) is 0 Å². The van der Waals surface area contributed by atoms with E-state index in [4.69, 9.17) is 4.74 Å². The zero-order valence-electron chi connectivity index (χ0n) is 14.7. The van der Waals surface area contributed by atoms with Gasteiger partial charge < -0.3 is 9.64 Å². The number of nitrogens with zero attached hydrogens (tertiary/aromatic N) is 1. The number of hydrogen-bond acceptors (Lipinski definition) is 3. The van der Waals surface area contributed by atoms with E-state index in [1.807, 2.05) is 0 Å². The van der Waals surface area contributed by atoms with E-state index >= 15 is 0 Å². The van der Waals surface area contributed by atoms with Crippen LogP contribution in [-0.2, 0) is 9.53 Å². The molecule has 0 aliphatic carbocycles. The molecule has 1 amide bonds. The van der Waals surface area contributed by atoms with Crippen molar-refractivity contribution in [1.82, 2.24) is 10.2 Å². The number of carbonyl (C=O) groups excluding carboxylic acids is 1. The summed E-state index contributed by atoms with van der Waals surface area (Å²) in [6.45, 7) is 11.5. The molecule has 0 spiro atoms. The summed E-state index contributed by atoms with van der Waals surface area (Å²) >= 11 is 0. The minimum Gasteiger partial charge on any atom is -0.383 e. The zero-order valence-corrected chi connectivity index (χ0v) is 14.7. The van der Waals surface area contributed by atoms with Gasteiger partial charge in [-0.2, -0.15) is 0 Å². The fraction of sp³-hybridized carbons (Fsp3) is 0.941. The highest BCUT2D eigenvalue weighted by molar-refractivity contribution is 5.84. The van der Waals surface area contributed by atoms with E-state index < -0.39 is 0 Å². The maximum Gasteiger partial charge on any atom is 0.241 e. The summed E-state index contributed by atoms with van der Waals surface area (Å²) in [5.41, 5.74) is 0. The highest BCUT2D eigenvalue weighted by Gasteiger charge is 2.42. The van der Waals surface area contributed by atoms with Crippen molar-refractivity contribution in [2.75, 3.05) is 13.7 Å². The summed E-state index contributed by atoms with van der Waals surface area (Å²) in [7, 11) is 1.72. The van der Waals surface area contributed by atoms with Crippen LogP contribution in [0.25, 0.3) is 0 Å². The lowest BCUT2D eigenvalue weighted by Gasteiger charge is -2.35. The summed E-state index contributed by atoms with van der Waals surface area (Å²) < 4.78 is 5.37. The summed E-state index contributed by atoms with van der Waals surface area (Å²) in [5.74, 6) is 1.23. The summed E-state index contributed by atoms with van der Waals surface area (Å²) in [4.78, 5) is 14.9. The van der Waals surface area contributed by atoms with Crippen LogP contribution in [0.2, 0.25) is 0 Å². The Labute approximate surface area is 130 Å². The average molecular weight is 298 g/mol. The van der Waals surface area contributed by atoms with Crippen LogP contribution in [0.1, 0.15) is 60.3 Å². The van der Waals surface area contributed by atoms with Gasteiger partial charge in [0.05, 0.1) is 24.9 Å². The molecule has 1 N–H and O–H groups in total. The monoisotopic (exact) mass is 298 g/mol. The Balaban J connectivity index is 2.89. The third kappa shape index (κ3) is 4.96. The molecule has 1 rings (SSSR count). The number of methoxy groups -OCH3 is 1. The number of amides is 1. The SMILES string of the molecule is CCCCC1NC(CC(C)C)N(C(COC)C(C)C)C1=O. The summed E-state index contributed by atoms with van der Waals surface area (Å²) in [6.07, 6.45) is 4.33. The van der Waals surface area contributed by atoms with Gasteiger partial charge in [-0.25, -0.2) is 0 Å². The molecule has 0 aromatic carbocycles. The normalized spacial score (nSPS) is 24.4. The quantitative estimate of drug-likeness (QED) is 0.711. The molecule has 0 bridgehead atoms. The smallest absolute Gasteiger partial charge is 0.241 e. The van der Waals surface area contributed by atoms with Crippen LogP contribution in [-0.4, -0.2) is 42.8 Å². The second-order valence-corrected chi connectivity index (χ2v) is 7.02. The van der Waals surface area contributed by atoms with Crippen LogP contribution in [0.4, 0.5) is 0 Å². The van der Waals surface area contributed by atoms with Gasteiger partial charge in [-0.1, -0.05) is 47.5 Å². The number of unbranched alkanes of at least 4 members (excludes halogenated alkanes) is 1. The predicted molar refractivity (Wildman–Crippen MR) is 87.0 cm³/mol. The molecule has 0 aromatic rings. The fourth-order valence-electron chi connectivity index (χ4n) is 3.12. The second-order valence-electron chi connectivity index (χ2n) is 7.02. The van der Waals surface area contributed by atoms with Crippen LogP contribution in [0.5, 0.6) is 0 Å². The van der Waals surface area contributed by atoms with Crippen LogP contribution >= 0.6 is 0 Å². The Morgan fingerprint density at radius 2 is 1.95 bits per heavy atom. The average Bonchev–Trinajstić information content (AvgIpc) is 2.69. The predicted octanol–water partition coefficient (Wildman–Crippen LogP) is 3.02. The fourth-order valence-corrected chi connectivity index (χ4v) is 3.12. The van der Waals surface area contributed by atoms with Gasteiger partial charge in [0.15, 0.2) is 0 Å². The van der Waals surface area contributed by atoms with Crippen molar-refractivity contribution in [3.8, 4) is 0 Å². The molecule has 0 saturated carbocycles. The molecule has 1 saturated heterocycles. The van der Waals surface area contributed by atoms with E-state index in [0.717, 1.165) is 25.7 Å². The van der Waals surface area contributed by atoms with Crippen LogP contribution in [0.3, 0.4) is 0 Å². The Kier molecular flexibility index (Phi) is 7.67. The molecule has 1 fully saturated rings. The Morgan fingerprint density at radius 3 is 2.43 bits per heavy atom. The van der Waals surface area contributed by atoms with Crippen molar-refractivity contribution in [2.45, 2.75) is 78.6 Å². The molecule has 3 atom stereocenters. The third-order valence-electron chi connectivity index (χ3n) is 4.29. The molecular formula is C17H34N2O2. The van der Waals surface area contributed by atoms with Gasteiger partial charge in [0.2, 0.25) is 5.91 Å². The molecule has 1 aliphatic heterocycles. The van der Waals surface area contributed by atoms with Crippen LogP contribution in [0, 0.1) is 11.8 Å². The van der Waals surface area contributed by atoms with Crippen molar-refractivity contribution in [2.24, 2.45) is 11.8 Å².